The van der Waals surface area contributed by atoms with E-state index in [0.717, 1.165) is 44.5 Å². The van der Waals surface area contributed by atoms with E-state index in [9.17, 15) is 4.79 Å². The van der Waals surface area contributed by atoms with Gasteiger partial charge in [-0.25, -0.2) is 0 Å². The van der Waals surface area contributed by atoms with Gasteiger partial charge in [-0.3, -0.25) is 4.79 Å². The fraction of sp³-hybridized carbons (Fsp3) is 0.364. The minimum Gasteiger partial charge on any atom is -0.489 e. The molecule has 1 heterocycles. The van der Waals surface area contributed by atoms with Crippen LogP contribution < -0.4 is 10.5 Å². The number of nitrogens with two attached hydrogens (primary N) is 1. The summed E-state index contributed by atoms with van der Waals surface area (Å²) in [6.07, 6.45) is 4.69. The van der Waals surface area contributed by atoms with Crippen molar-refractivity contribution in [2.45, 2.75) is 64.2 Å². The summed E-state index contributed by atoms with van der Waals surface area (Å²) in [6, 6.07) is 22.4. The number of ether oxygens (including phenoxy) is 3. The summed E-state index contributed by atoms with van der Waals surface area (Å²) < 4.78 is 23.3. The molecule has 1 fully saturated rings. The van der Waals surface area contributed by atoms with Crippen molar-refractivity contribution in [1.29, 1.82) is 0 Å². The van der Waals surface area contributed by atoms with Crippen LogP contribution in [-0.4, -0.2) is 25.8 Å². The minimum absolute atomic E-state index is 0.132. The molecule has 5 rings (SSSR count). The Hall–Kier alpha value is -3.61. The number of esters is 1. The lowest BCUT2D eigenvalue weighted by Crippen LogP contribution is -2.21. The average molecular weight is 528 g/mol. The molecular weight excluding hydrogens is 490 g/mol. The zero-order chi connectivity index (χ0) is 27.2. The van der Waals surface area contributed by atoms with E-state index < -0.39 is 0 Å². The van der Waals surface area contributed by atoms with E-state index in [4.69, 9.17) is 24.4 Å². The molecule has 0 aliphatic heterocycles. The summed E-state index contributed by atoms with van der Waals surface area (Å²) in [4.78, 5) is 12.5. The van der Waals surface area contributed by atoms with Crippen LogP contribution in [-0.2, 0) is 33.8 Å². The van der Waals surface area contributed by atoms with Crippen LogP contribution in [0, 0.1) is 0 Å². The van der Waals surface area contributed by atoms with Crippen LogP contribution in [0.5, 0.6) is 5.75 Å². The standard InChI is InChI=1S/C33H37NO5/c1-22(20-36-2)38-32(35)18-27-11-5-6-13-30(27)37-21-24-15-28-17-31(25-9-3-4-10-25)39-33(28)29(16-24)26-12-7-8-23(14-26)19-34/h5-8,11-17,22,25H,3-4,9-10,18-21,34H2,1-2H3. The van der Waals surface area contributed by atoms with Crippen molar-refractivity contribution in [3.63, 3.8) is 0 Å². The van der Waals surface area contributed by atoms with Crippen LogP contribution in [0.2, 0.25) is 0 Å². The molecule has 1 saturated carbocycles. The lowest BCUT2D eigenvalue weighted by atomic mass is 9.98. The van der Waals surface area contributed by atoms with Crippen molar-refractivity contribution in [2.24, 2.45) is 5.73 Å². The number of fused-ring (bicyclic) bond motifs is 1. The number of hydrogen-bond acceptors (Lipinski definition) is 6. The minimum atomic E-state index is -0.308. The second kappa shape index (κ2) is 12.5. The second-order valence-electron chi connectivity index (χ2n) is 10.4. The van der Waals surface area contributed by atoms with Crippen LogP contribution in [0.15, 0.2) is 71.1 Å². The quantitative estimate of drug-likeness (QED) is 0.213. The number of furan rings is 1. The molecule has 204 valence electrons. The van der Waals surface area contributed by atoms with Gasteiger partial charge in [0.2, 0.25) is 0 Å². The van der Waals surface area contributed by atoms with E-state index in [1.54, 1.807) is 7.11 Å². The first-order valence-electron chi connectivity index (χ1n) is 13.8. The highest BCUT2D eigenvalue weighted by Gasteiger charge is 2.22. The number of methoxy groups -OCH3 is 1. The molecule has 0 radical (unpaired) electrons. The van der Waals surface area contributed by atoms with Gasteiger partial charge in [0.15, 0.2) is 0 Å². The molecule has 2 N–H and O–H groups in total. The normalized spacial score (nSPS) is 14.5. The summed E-state index contributed by atoms with van der Waals surface area (Å²) in [5.41, 5.74) is 11.9. The number of hydrogen-bond donors (Lipinski definition) is 1. The van der Waals surface area contributed by atoms with Crippen LogP contribution >= 0.6 is 0 Å². The predicted molar refractivity (Wildman–Crippen MR) is 153 cm³/mol. The molecule has 6 heteroatoms. The Balaban J connectivity index is 1.42. The number of carbonyl (C=O) groups is 1. The molecule has 3 aromatic carbocycles. The highest BCUT2D eigenvalue weighted by molar-refractivity contribution is 5.93. The van der Waals surface area contributed by atoms with E-state index in [1.165, 1.54) is 25.7 Å². The maximum atomic E-state index is 12.5. The van der Waals surface area contributed by atoms with Crippen molar-refractivity contribution in [2.75, 3.05) is 13.7 Å². The van der Waals surface area contributed by atoms with Crippen LogP contribution in [0.25, 0.3) is 22.1 Å². The maximum absolute atomic E-state index is 12.5. The van der Waals surface area contributed by atoms with Crippen molar-refractivity contribution in [3.8, 4) is 16.9 Å². The summed E-state index contributed by atoms with van der Waals surface area (Å²) in [5, 5.41) is 1.08. The number of rotatable bonds is 11. The van der Waals surface area contributed by atoms with Gasteiger partial charge in [0.05, 0.1) is 13.0 Å². The Labute approximate surface area is 230 Å². The topological polar surface area (TPSA) is 83.9 Å². The Bertz CT molecular complexity index is 1420. The maximum Gasteiger partial charge on any atom is 0.310 e. The highest BCUT2D eigenvalue weighted by atomic mass is 16.6. The molecule has 39 heavy (non-hydrogen) atoms. The van der Waals surface area contributed by atoms with Crippen LogP contribution in [0.1, 0.15) is 61.0 Å². The second-order valence-corrected chi connectivity index (χ2v) is 10.4. The van der Waals surface area contributed by atoms with Gasteiger partial charge in [0.25, 0.3) is 0 Å². The third-order valence-corrected chi connectivity index (χ3v) is 7.36. The monoisotopic (exact) mass is 527 g/mol. The lowest BCUT2D eigenvalue weighted by Gasteiger charge is -2.15. The predicted octanol–water partition coefficient (Wildman–Crippen LogP) is 6.92. The first-order valence-corrected chi connectivity index (χ1v) is 13.8. The molecule has 1 atom stereocenters. The Morgan fingerprint density at radius 1 is 1.03 bits per heavy atom. The molecule has 1 aliphatic carbocycles. The zero-order valence-electron chi connectivity index (χ0n) is 22.8. The molecule has 1 aromatic heterocycles. The molecular formula is C33H37NO5. The molecule has 4 aromatic rings. The van der Waals surface area contributed by atoms with Crippen molar-refractivity contribution < 1.29 is 23.4 Å². The molecule has 0 bridgehead atoms. The Morgan fingerprint density at radius 2 is 1.85 bits per heavy atom. The first kappa shape index (κ1) is 27.0. The van der Waals surface area contributed by atoms with Gasteiger partial charge in [-0.15, -0.1) is 0 Å². The van der Waals surface area contributed by atoms with Gasteiger partial charge < -0.3 is 24.4 Å². The van der Waals surface area contributed by atoms with Crippen molar-refractivity contribution in [3.05, 3.63) is 89.2 Å². The summed E-state index contributed by atoms with van der Waals surface area (Å²) in [5.74, 6) is 1.92. The van der Waals surface area contributed by atoms with Gasteiger partial charge in [0.1, 0.15) is 29.8 Å². The Kier molecular flexibility index (Phi) is 8.64. The fourth-order valence-electron chi connectivity index (χ4n) is 5.45. The average Bonchev–Trinajstić information content (AvgIpc) is 3.62. The molecule has 6 nitrogen and oxygen atoms in total. The summed E-state index contributed by atoms with van der Waals surface area (Å²) in [6.45, 7) is 3.01. The van der Waals surface area contributed by atoms with Gasteiger partial charge in [-0.1, -0.05) is 49.2 Å². The highest BCUT2D eigenvalue weighted by Crippen LogP contribution is 2.40. The van der Waals surface area contributed by atoms with Gasteiger partial charge in [-0.05, 0) is 66.8 Å². The van der Waals surface area contributed by atoms with Gasteiger partial charge in [0, 0.05) is 36.1 Å². The van der Waals surface area contributed by atoms with E-state index >= 15 is 0 Å². The molecule has 0 spiro atoms. The third-order valence-electron chi connectivity index (χ3n) is 7.36. The van der Waals surface area contributed by atoms with Crippen molar-refractivity contribution >= 4 is 16.9 Å². The molecule has 1 unspecified atom stereocenters. The number of carbonyl (C=O) groups excluding carboxylic acids is 1. The SMILES string of the molecule is COCC(C)OC(=O)Cc1ccccc1OCc1cc(-c2cccc(CN)c2)c2oc(C3CCCC3)cc2c1. The lowest BCUT2D eigenvalue weighted by molar-refractivity contribution is -0.149. The van der Waals surface area contributed by atoms with Gasteiger partial charge >= 0.3 is 5.97 Å². The summed E-state index contributed by atoms with van der Waals surface area (Å²) in [7, 11) is 1.59. The molecule has 0 saturated heterocycles. The smallest absolute Gasteiger partial charge is 0.310 e. The van der Waals surface area contributed by atoms with E-state index in [-0.39, 0.29) is 18.5 Å². The summed E-state index contributed by atoms with van der Waals surface area (Å²) >= 11 is 0. The van der Waals surface area contributed by atoms with Crippen LogP contribution in [0.3, 0.4) is 0 Å². The molecule has 0 amide bonds. The van der Waals surface area contributed by atoms with E-state index in [2.05, 4.69) is 30.3 Å². The van der Waals surface area contributed by atoms with E-state index in [0.29, 0.717) is 31.4 Å². The number of benzene rings is 3. The zero-order valence-corrected chi connectivity index (χ0v) is 22.8. The number of para-hydroxylation sites is 1. The Morgan fingerprint density at radius 3 is 2.64 bits per heavy atom. The van der Waals surface area contributed by atoms with Crippen LogP contribution in [0.4, 0.5) is 0 Å². The fourth-order valence-corrected chi connectivity index (χ4v) is 5.45. The van der Waals surface area contributed by atoms with Gasteiger partial charge in [-0.2, -0.15) is 0 Å². The van der Waals surface area contributed by atoms with E-state index in [1.807, 2.05) is 43.3 Å². The molecule has 1 aliphatic rings. The van der Waals surface area contributed by atoms with Crippen molar-refractivity contribution in [1.82, 2.24) is 0 Å². The first-order chi connectivity index (χ1) is 19.0. The largest absolute Gasteiger partial charge is 0.489 e. The third kappa shape index (κ3) is 6.52.